The summed E-state index contributed by atoms with van der Waals surface area (Å²) in [7, 11) is 0. The van der Waals surface area contributed by atoms with Crippen LogP contribution in [0.3, 0.4) is 0 Å². The molecule has 0 spiro atoms. The molecule has 0 amide bonds. The number of fused-ring (bicyclic) bond motifs is 1. The van der Waals surface area contributed by atoms with Crippen molar-refractivity contribution in [1.82, 2.24) is 9.88 Å². The molecule has 1 saturated heterocycles. The van der Waals surface area contributed by atoms with Crippen LogP contribution >= 0.6 is 0 Å². The maximum Gasteiger partial charge on any atom is 0.129 e. The summed E-state index contributed by atoms with van der Waals surface area (Å²) in [6, 6.07) is 14.2. The van der Waals surface area contributed by atoms with Gasteiger partial charge in [-0.15, -0.1) is 0 Å². The van der Waals surface area contributed by atoms with E-state index in [-0.39, 0.29) is 17.4 Å². The summed E-state index contributed by atoms with van der Waals surface area (Å²) < 4.78 is 0. The summed E-state index contributed by atoms with van der Waals surface area (Å²) in [6.07, 6.45) is 8.99. The maximum absolute atomic E-state index is 9.23. The predicted octanol–water partition coefficient (Wildman–Crippen LogP) is 5.88. The van der Waals surface area contributed by atoms with Crippen molar-refractivity contribution >= 4 is 5.82 Å². The van der Waals surface area contributed by atoms with Gasteiger partial charge in [-0.2, -0.15) is 0 Å². The average Bonchev–Trinajstić information content (AvgIpc) is 2.91. The molecule has 0 saturated carbocycles. The molecule has 4 rings (SSSR count). The molecular weight excluding hydrogens is 456 g/mol. The Morgan fingerprint density at radius 1 is 0.919 bits per heavy atom. The van der Waals surface area contributed by atoms with Gasteiger partial charge in [-0.3, -0.25) is 0 Å². The van der Waals surface area contributed by atoms with E-state index in [1.165, 1.54) is 29.5 Å². The Balaban J connectivity index is 1.45. The van der Waals surface area contributed by atoms with E-state index in [1.54, 1.807) is 0 Å². The fourth-order valence-electron chi connectivity index (χ4n) is 6.33. The smallest absolute Gasteiger partial charge is 0.129 e. The topological polar surface area (TPSA) is 65.6 Å². The highest BCUT2D eigenvalue weighted by Crippen LogP contribution is 2.46. The molecule has 1 aromatic heterocycles. The molecule has 1 aliphatic carbocycles. The number of anilines is 1. The number of nitrogens with zero attached hydrogens (tertiary/aromatic N) is 3. The van der Waals surface area contributed by atoms with Crippen LogP contribution in [0.25, 0.3) is 11.3 Å². The van der Waals surface area contributed by atoms with Crippen LogP contribution in [0.2, 0.25) is 0 Å². The number of piperidine rings is 1. The Kier molecular flexibility index (Phi) is 9.31. The lowest BCUT2D eigenvalue weighted by atomic mass is 9.63. The Morgan fingerprint density at radius 2 is 1.59 bits per heavy atom. The molecule has 1 aromatic carbocycles. The van der Waals surface area contributed by atoms with Gasteiger partial charge in [0.1, 0.15) is 5.82 Å². The van der Waals surface area contributed by atoms with Crippen LogP contribution in [0.15, 0.2) is 36.4 Å². The molecule has 0 atom stereocenters. The second-order valence-electron chi connectivity index (χ2n) is 12.6. The van der Waals surface area contributed by atoms with Gasteiger partial charge in [0.25, 0.3) is 0 Å². The highest BCUT2D eigenvalue weighted by atomic mass is 16.2. The summed E-state index contributed by atoms with van der Waals surface area (Å²) in [5.74, 6) is 1.10. The maximum atomic E-state index is 9.23. The average molecular weight is 507 g/mol. The number of hydrogen-bond donors (Lipinski definition) is 2. The molecule has 204 valence electrons. The standard InChI is InChI=1S/C32H50N4O/c1-31(2)16-17-32(3,4)28-24-25(12-13-27(28)31)29-10-9-11-30(34-29)36-21-14-26(15-22-36)35(19-6-5-18-33)20-7-8-23-37/h9-13,24,26,37H,5-8,14-23,33H2,1-4H3. The zero-order chi connectivity index (χ0) is 26.5. The van der Waals surface area contributed by atoms with Crippen molar-refractivity contribution < 1.29 is 5.11 Å². The van der Waals surface area contributed by atoms with Crippen LogP contribution < -0.4 is 10.6 Å². The Bertz CT molecular complexity index is 1000. The van der Waals surface area contributed by atoms with Crippen LogP contribution in [-0.2, 0) is 10.8 Å². The molecule has 37 heavy (non-hydrogen) atoms. The van der Waals surface area contributed by atoms with Crippen LogP contribution in [0.4, 0.5) is 5.82 Å². The lowest BCUT2D eigenvalue weighted by molar-refractivity contribution is 0.158. The second-order valence-corrected chi connectivity index (χ2v) is 12.6. The van der Waals surface area contributed by atoms with Gasteiger partial charge in [0.05, 0.1) is 5.69 Å². The Hall–Kier alpha value is -1.95. The molecule has 2 aromatic rings. The minimum Gasteiger partial charge on any atom is -0.396 e. The van der Waals surface area contributed by atoms with Crippen LogP contribution in [0.5, 0.6) is 0 Å². The molecule has 1 aliphatic heterocycles. The van der Waals surface area contributed by atoms with Crippen LogP contribution in [0.1, 0.15) is 90.2 Å². The number of hydrogen-bond acceptors (Lipinski definition) is 5. The number of nitrogens with two attached hydrogens (primary N) is 1. The lowest BCUT2D eigenvalue weighted by Crippen LogP contribution is -2.46. The van der Waals surface area contributed by atoms with Crippen molar-refractivity contribution in [3.8, 4) is 11.3 Å². The van der Waals surface area contributed by atoms with Gasteiger partial charge >= 0.3 is 0 Å². The zero-order valence-electron chi connectivity index (χ0n) is 23.8. The van der Waals surface area contributed by atoms with E-state index < -0.39 is 0 Å². The zero-order valence-corrected chi connectivity index (χ0v) is 23.8. The van der Waals surface area contributed by atoms with Gasteiger partial charge in [-0.05, 0) is 111 Å². The summed E-state index contributed by atoms with van der Waals surface area (Å²) in [6.45, 7) is 14.9. The van der Waals surface area contributed by atoms with E-state index in [0.717, 1.165) is 82.8 Å². The Morgan fingerprint density at radius 3 is 2.27 bits per heavy atom. The van der Waals surface area contributed by atoms with E-state index in [1.807, 2.05) is 0 Å². The van der Waals surface area contributed by atoms with Crippen molar-refractivity contribution in [1.29, 1.82) is 0 Å². The van der Waals surface area contributed by atoms with E-state index in [0.29, 0.717) is 6.04 Å². The normalized spacial score (nSPS) is 19.3. The molecule has 5 heteroatoms. The van der Waals surface area contributed by atoms with Crippen LogP contribution in [0, 0.1) is 0 Å². The molecule has 0 unspecified atom stereocenters. The number of benzene rings is 1. The third-order valence-corrected chi connectivity index (χ3v) is 8.94. The summed E-state index contributed by atoms with van der Waals surface area (Å²) >= 11 is 0. The van der Waals surface area contributed by atoms with Gasteiger partial charge in [-0.25, -0.2) is 4.98 Å². The largest absolute Gasteiger partial charge is 0.396 e. The number of aromatic nitrogens is 1. The number of pyridine rings is 1. The first-order valence-electron chi connectivity index (χ1n) is 14.7. The van der Waals surface area contributed by atoms with E-state index >= 15 is 0 Å². The van der Waals surface area contributed by atoms with Gasteiger partial charge in [0.2, 0.25) is 0 Å². The molecule has 0 radical (unpaired) electrons. The van der Waals surface area contributed by atoms with E-state index in [9.17, 15) is 5.11 Å². The first-order chi connectivity index (χ1) is 17.7. The fraction of sp³-hybridized carbons (Fsp3) is 0.656. The number of aliphatic hydroxyl groups excluding tert-OH is 1. The van der Waals surface area contributed by atoms with Crippen LogP contribution in [-0.4, -0.2) is 60.4 Å². The monoisotopic (exact) mass is 506 g/mol. The first kappa shape index (κ1) is 28.1. The molecular formula is C32H50N4O. The van der Waals surface area contributed by atoms with Crippen molar-refractivity contribution in [2.45, 2.75) is 95.9 Å². The van der Waals surface area contributed by atoms with Crippen molar-refractivity contribution in [3.05, 3.63) is 47.5 Å². The highest BCUT2D eigenvalue weighted by molar-refractivity contribution is 5.65. The summed E-state index contributed by atoms with van der Waals surface area (Å²) in [4.78, 5) is 10.3. The van der Waals surface area contributed by atoms with E-state index in [4.69, 9.17) is 10.7 Å². The molecule has 3 N–H and O–H groups in total. The summed E-state index contributed by atoms with van der Waals surface area (Å²) in [5, 5.41) is 9.23. The number of aliphatic hydroxyl groups is 1. The predicted molar refractivity (Wildman–Crippen MR) is 156 cm³/mol. The molecule has 0 bridgehead atoms. The highest BCUT2D eigenvalue weighted by Gasteiger charge is 2.37. The third kappa shape index (κ3) is 6.74. The van der Waals surface area contributed by atoms with Gasteiger partial charge in [0, 0.05) is 31.3 Å². The Labute approximate surface area is 225 Å². The lowest BCUT2D eigenvalue weighted by Gasteiger charge is -2.42. The summed E-state index contributed by atoms with van der Waals surface area (Å²) in [5.41, 5.74) is 11.5. The van der Waals surface area contributed by atoms with Crippen molar-refractivity contribution in [2.75, 3.05) is 44.2 Å². The van der Waals surface area contributed by atoms with Gasteiger partial charge in [0.15, 0.2) is 0 Å². The van der Waals surface area contributed by atoms with E-state index in [2.05, 4.69) is 73.9 Å². The minimum atomic E-state index is 0.202. The number of rotatable bonds is 11. The molecule has 5 nitrogen and oxygen atoms in total. The molecule has 2 heterocycles. The van der Waals surface area contributed by atoms with Gasteiger partial charge in [-0.1, -0.05) is 45.9 Å². The SMILES string of the molecule is CC1(C)CCC(C)(C)c2cc(-c3cccc(N4CCC(N(CCCCN)CCCCO)CC4)n3)ccc21. The fourth-order valence-corrected chi connectivity index (χ4v) is 6.33. The molecule has 1 fully saturated rings. The first-order valence-corrected chi connectivity index (χ1v) is 14.7. The quantitative estimate of drug-likeness (QED) is 0.373. The minimum absolute atomic E-state index is 0.202. The van der Waals surface area contributed by atoms with Crippen molar-refractivity contribution in [3.63, 3.8) is 0 Å². The van der Waals surface area contributed by atoms with Gasteiger partial charge < -0.3 is 20.6 Å². The number of unbranched alkanes of at least 4 members (excludes halogenated alkanes) is 2. The van der Waals surface area contributed by atoms with Crippen molar-refractivity contribution in [2.24, 2.45) is 5.73 Å². The third-order valence-electron chi connectivity index (χ3n) is 8.94. The molecule has 2 aliphatic rings. The second kappa shape index (κ2) is 12.3.